The fourth-order valence-corrected chi connectivity index (χ4v) is 3.00. The fraction of sp³-hybridized carbons (Fsp3) is 0.688. The maximum atomic E-state index is 12.1. The maximum absolute atomic E-state index is 12.1. The molecule has 1 atom stereocenters. The van der Waals surface area contributed by atoms with E-state index in [1.807, 2.05) is 20.8 Å². The molecule has 0 saturated carbocycles. The molecule has 1 aliphatic rings. The number of carbonyl (C=O) groups excluding carboxylic acids is 2. The summed E-state index contributed by atoms with van der Waals surface area (Å²) in [5.41, 5.74) is -0.485. The molecule has 23 heavy (non-hydrogen) atoms. The van der Waals surface area contributed by atoms with E-state index in [0.717, 1.165) is 12.8 Å². The number of rotatable bonds is 5. The van der Waals surface area contributed by atoms with Gasteiger partial charge in [-0.2, -0.15) is 0 Å². The molecule has 2 rings (SSSR count). The third kappa shape index (κ3) is 5.91. The Hall–Kier alpha value is -1.47. The van der Waals surface area contributed by atoms with Crippen LogP contribution < -0.4 is 0 Å². The second-order valence-corrected chi connectivity index (χ2v) is 7.60. The molecule has 1 saturated heterocycles. The Morgan fingerprint density at radius 3 is 2.87 bits per heavy atom. The number of nitrogens with zero attached hydrogens (tertiary/aromatic N) is 2. The molecule has 2 heterocycles. The van der Waals surface area contributed by atoms with Crippen LogP contribution in [-0.4, -0.2) is 53.7 Å². The van der Waals surface area contributed by atoms with Gasteiger partial charge in [-0.05, 0) is 33.6 Å². The Morgan fingerprint density at radius 2 is 2.22 bits per heavy atom. The van der Waals surface area contributed by atoms with E-state index < -0.39 is 5.60 Å². The molecule has 0 aliphatic carbocycles. The zero-order chi connectivity index (χ0) is 16.9. The summed E-state index contributed by atoms with van der Waals surface area (Å²) in [6.45, 7) is 7.41. The molecule has 128 valence electrons. The number of hydrogen-bond acceptors (Lipinski definition) is 6. The van der Waals surface area contributed by atoms with Gasteiger partial charge in [0.15, 0.2) is 5.01 Å². The lowest BCUT2D eigenvalue weighted by Gasteiger charge is -2.34. The minimum absolute atomic E-state index is 0.0381. The third-order valence-corrected chi connectivity index (χ3v) is 4.24. The van der Waals surface area contributed by atoms with Gasteiger partial charge >= 0.3 is 6.09 Å². The highest BCUT2D eigenvalue weighted by molar-refractivity contribution is 7.11. The quantitative estimate of drug-likeness (QED) is 0.771. The monoisotopic (exact) mass is 340 g/mol. The lowest BCUT2D eigenvalue weighted by Crippen LogP contribution is -2.43. The Kier molecular flexibility index (Phi) is 6.12. The zero-order valence-electron chi connectivity index (χ0n) is 13.9. The average molecular weight is 340 g/mol. The number of aromatic nitrogens is 1. The summed E-state index contributed by atoms with van der Waals surface area (Å²) in [4.78, 5) is 29.6. The summed E-state index contributed by atoms with van der Waals surface area (Å²) < 4.78 is 10.9. The van der Waals surface area contributed by atoms with Gasteiger partial charge in [-0.15, -0.1) is 11.3 Å². The molecule has 1 amide bonds. The molecular weight excluding hydrogens is 316 g/mol. The van der Waals surface area contributed by atoms with E-state index in [9.17, 15) is 9.59 Å². The van der Waals surface area contributed by atoms with Gasteiger partial charge in [0.2, 0.25) is 5.78 Å². The first-order valence-electron chi connectivity index (χ1n) is 7.83. The van der Waals surface area contributed by atoms with Gasteiger partial charge in [0, 0.05) is 30.6 Å². The molecule has 1 fully saturated rings. The lowest BCUT2D eigenvalue weighted by molar-refractivity contribution is 0.00786. The first kappa shape index (κ1) is 17.9. The number of amides is 1. The third-order valence-electron chi connectivity index (χ3n) is 3.43. The topological polar surface area (TPSA) is 68.7 Å². The molecule has 6 nitrogen and oxygen atoms in total. The largest absolute Gasteiger partial charge is 0.444 e. The second-order valence-electron chi connectivity index (χ2n) is 6.71. The van der Waals surface area contributed by atoms with Crippen molar-refractivity contribution < 1.29 is 19.1 Å². The molecule has 0 radical (unpaired) electrons. The number of likely N-dealkylation sites (tertiary alicyclic amines) is 1. The van der Waals surface area contributed by atoms with E-state index in [1.165, 1.54) is 11.3 Å². The zero-order valence-corrected chi connectivity index (χ0v) is 14.7. The van der Waals surface area contributed by atoms with Crippen molar-refractivity contribution in [3.63, 3.8) is 0 Å². The van der Waals surface area contributed by atoms with E-state index >= 15 is 0 Å². The fourth-order valence-electron chi connectivity index (χ4n) is 2.43. The number of carbonyl (C=O) groups is 2. The van der Waals surface area contributed by atoms with Crippen molar-refractivity contribution in [1.82, 2.24) is 9.88 Å². The summed E-state index contributed by atoms with van der Waals surface area (Å²) in [6.07, 6.45) is 3.25. The van der Waals surface area contributed by atoms with Gasteiger partial charge in [0.25, 0.3) is 0 Å². The van der Waals surface area contributed by atoms with Crippen LogP contribution in [0.3, 0.4) is 0 Å². The van der Waals surface area contributed by atoms with E-state index in [1.54, 1.807) is 16.5 Å². The molecule has 0 N–H and O–H groups in total. The van der Waals surface area contributed by atoms with Crippen molar-refractivity contribution in [3.05, 3.63) is 16.6 Å². The molecule has 1 aromatic rings. The van der Waals surface area contributed by atoms with Gasteiger partial charge in [-0.3, -0.25) is 4.79 Å². The van der Waals surface area contributed by atoms with Crippen molar-refractivity contribution in [2.45, 2.75) is 39.2 Å². The number of Topliss-reactive ketones (excluding diaryl/α,β-unsaturated/α-hetero) is 1. The normalized spacial score (nSPS) is 18.7. The van der Waals surface area contributed by atoms with Crippen molar-refractivity contribution >= 4 is 23.2 Å². The number of piperidine rings is 1. The molecule has 0 aromatic carbocycles. The average Bonchev–Trinajstić information content (AvgIpc) is 3.00. The SMILES string of the molecule is CC(C)(C)OC(=O)N1CCCC(COCC(=O)c2nccs2)C1. The van der Waals surface area contributed by atoms with Crippen LogP contribution in [0.4, 0.5) is 4.79 Å². The Morgan fingerprint density at radius 1 is 1.43 bits per heavy atom. The molecule has 1 aliphatic heterocycles. The highest BCUT2D eigenvalue weighted by Crippen LogP contribution is 2.19. The summed E-state index contributed by atoms with van der Waals surface area (Å²) >= 11 is 1.32. The van der Waals surface area contributed by atoms with Crippen LogP contribution in [-0.2, 0) is 9.47 Å². The van der Waals surface area contributed by atoms with Crippen molar-refractivity contribution in [1.29, 1.82) is 0 Å². The van der Waals surface area contributed by atoms with Gasteiger partial charge in [-0.25, -0.2) is 9.78 Å². The van der Waals surface area contributed by atoms with Crippen molar-refractivity contribution in [2.24, 2.45) is 5.92 Å². The number of ether oxygens (including phenoxy) is 2. The minimum Gasteiger partial charge on any atom is -0.444 e. The van der Waals surface area contributed by atoms with Crippen LogP contribution in [0.2, 0.25) is 0 Å². The van der Waals surface area contributed by atoms with Crippen LogP contribution in [0.25, 0.3) is 0 Å². The van der Waals surface area contributed by atoms with Crippen LogP contribution in [0.1, 0.15) is 43.4 Å². The van der Waals surface area contributed by atoms with E-state index in [0.29, 0.717) is 24.7 Å². The summed E-state index contributed by atoms with van der Waals surface area (Å²) in [5.74, 6) is 0.139. The summed E-state index contributed by atoms with van der Waals surface area (Å²) in [6, 6.07) is 0. The van der Waals surface area contributed by atoms with Crippen LogP contribution in [0, 0.1) is 5.92 Å². The highest BCUT2D eigenvalue weighted by atomic mass is 32.1. The predicted octanol–water partition coefficient (Wildman–Crippen LogP) is 2.99. The Balaban J connectivity index is 1.73. The predicted molar refractivity (Wildman–Crippen MR) is 87.8 cm³/mol. The Bertz CT molecular complexity index is 525. The summed E-state index contributed by atoms with van der Waals surface area (Å²) in [5, 5.41) is 2.25. The van der Waals surface area contributed by atoms with Crippen LogP contribution in [0.15, 0.2) is 11.6 Å². The molecule has 1 unspecified atom stereocenters. The number of thiazole rings is 1. The van der Waals surface area contributed by atoms with Crippen LogP contribution >= 0.6 is 11.3 Å². The smallest absolute Gasteiger partial charge is 0.410 e. The van der Waals surface area contributed by atoms with Crippen LogP contribution in [0.5, 0.6) is 0 Å². The van der Waals surface area contributed by atoms with E-state index in [4.69, 9.17) is 9.47 Å². The van der Waals surface area contributed by atoms with Crippen molar-refractivity contribution in [2.75, 3.05) is 26.3 Å². The standard InChI is InChI=1S/C16H24N2O4S/c1-16(2,3)22-15(20)18-7-4-5-12(9-18)10-21-11-13(19)14-17-6-8-23-14/h6,8,12H,4-5,7,9-11H2,1-3H3. The van der Waals surface area contributed by atoms with Gasteiger partial charge in [-0.1, -0.05) is 0 Å². The van der Waals surface area contributed by atoms with Crippen molar-refractivity contribution in [3.8, 4) is 0 Å². The molecule has 0 bridgehead atoms. The Labute approximate surface area is 140 Å². The first-order valence-corrected chi connectivity index (χ1v) is 8.71. The van der Waals surface area contributed by atoms with Gasteiger partial charge < -0.3 is 14.4 Å². The summed E-state index contributed by atoms with van der Waals surface area (Å²) in [7, 11) is 0. The molecule has 7 heteroatoms. The maximum Gasteiger partial charge on any atom is 0.410 e. The van der Waals surface area contributed by atoms with E-state index in [-0.39, 0.29) is 24.4 Å². The first-order chi connectivity index (χ1) is 10.8. The second kappa shape index (κ2) is 7.88. The molecule has 0 spiro atoms. The van der Waals surface area contributed by atoms with E-state index in [2.05, 4.69) is 4.98 Å². The lowest BCUT2D eigenvalue weighted by atomic mass is 9.99. The minimum atomic E-state index is -0.485. The molecular formula is C16H24N2O4S. The number of hydrogen-bond donors (Lipinski definition) is 0. The highest BCUT2D eigenvalue weighted by Gasteiger charge is 2.27. The number of ketones is 1. The van der Waals surface area contributed by atoms with Gasteiger partial charge in [0.1, 0.15) is 12.2 Å². The molecule has 1 aromatic heterocycles. The van der Waals surface area contributed by atoms with Gasteiger partial charge in [0.05, 0.1) is 6.61 Å².